The molecule has 5 aliphatic heterocycles. The number of hydrogen-bond acceptors (Lipinski definition) is 22. The lowest BCUT2D eigenvalue weighted by Crippen LogP contribution is -2.49. The number of hydrogen-bond donors (Lipinski definition) is 3. The van der Waals surface area contributed by atoms with E-state index in [1.807, 2.05) is 229 Å². The Bertz CT molecular complexity index is 6070. The van der Waals surface area contributed by atoms with Crippen molar-refractivity contribution < 1.29 is 48.5 Å². The van der Waals surface area contributed by atoms with Crippen molar-refractivity contribution >= 4 is 115 Å². The van der Waals surface area contributed by atoms with Crippen molar-refractivity contribution in [1.29, 1.82) is 0 Å². The van der Waals surface area contributed by atoms with Crippen molar-refractivity contribution in [1.82, 2.24) is 19.6 Å². The van der Waals surface area contributed by atoms with Crippen LogP contribution in [0, 0.1) is 46.4 Å². The number of piperidine rings is 1. The van der Waals surface area contributed by atoms with E-state index in [4.69, 9.17) is 0 Å². The van der Waals surface area contributed by atoms with Crippen molar-refractivity contribution in [3.63, 3.8) is 0 Å². The second-order valence-corrected chi connectivity index (χ2v) is 34.7. The molecule has 12 aromatic carbocycles. The van der Waals surface area contributed by atoms with Gasteiger partial charge in [0.2, 0.25) is 5.91 Å². The van der Waals surface area contributed by atoms with Gasteiger partial charge in [-0.1, -0.05) is 159 Å². The standard InChI is InChI=1S/C26H27N3O2.C24H22N4O4.2C19H22N4O3.C19H23N3O2/c1-20(30)27-25-13-12-24(19-23(25)18-21-8-4-2-5-9-21)28-14-16-29(17-15-28)26(31)22-10-6-3-7-11-22;29-23(18-7-3-1-4-8-18)25-21-17-20(11-12-22(21)28(31)32)26-13-15-27(16-14-26)24(30)19-9-5-2-6-10-19;2*1-20(2)18-14-16(23(25)26)8-9-17(18)21-10-12-22(13-11-21)19(24)15-6-4-3-5-7-15;1-15-6-5-11-21(14-15)17-9-10-19(22(23)24)18(12-17)20-13-16-7-3-2-4-8-16/h2-13,19H,14-18H2,1H3,(H,27,30);1-12,17H,13-16H2,(H,25,29);2*3-9,14H,10-13H2,1-2H3;2-4,7-10,12,15,20H,5-6,11,13-14H2,1H3. The van der Waals surface area contributed by atoms with Gasteiger partial charge in [-0.2, -0.15) is 0 Å². The van der Waals surface area contributed by atoms with Gasteiger partial charge in [-0.3, -0.25) is 69.2 Å². The first kappa shape index (κ1) is 99.9. The number of nitro groups is 4. The maximum atomic E-state index is 12.7. The summed E-state index contributed by atoms with van der Waals surface area (Å²) in [5.41, 5.74) is 14.7. The molecule has 0 radical (unpaired) electrons. The molecule has 5 aliphatic rings. The third-order valence-corrected chi connectivity index (χ3v) is 24.7. The number of non-ortho nitro benzene ring substituents is 2. The van der Waals surface area contributed by atoms with E-state index in [0.717, 1.165) is 94.8 Å². The Morgan fingerprint density at radius 1 is 0.338 bits per heavy atom. The van der Waals surface area contributed by atoms with E-state index in [1.54, 1.807) is 89.8 Å². The van der Waals surface area contributed by atoms with E-state index in [0.29, 0.717) is 132 Å². The quantitative estimate of drug-likeness (QED) is 0.0395. The molecule has 5 saturated heterocycles. The molecule has 1 unspecified atom stereocenters. The average Bonchev–Trinajstić information content (AvgIpc) is 0.820. The highest BCUT2D eigenvalue weighted by molar-refractivity contribution is 6.06. The zero-order valence-electron chi connectivity index (χ0n) is 78.9. The molecule has 0 spiro atoms. The van der Waals surface area contributed by atoms with Crippen LogP contribution in [0.1, 0.15) is 95.2 Å². The van der Waals surface area contributed by atoms with E-state index < -0.39 is 10.8 Å². The SMILES string of the molecule is CC(=O)Nc1ccc(N2CCN(C(=O)c3ccccc3)CC2)cc1Cc1ccccc1.CC1CCCN(c2ccc([N+](=O)[O-])c(NCc3ccccc3)c2)C1.CN(C)c1cc([N+](=O)[O-])ccc1N1CCN(C(=O)c2ccccc2)CC1.CN(C)c1cc([N+](=O)[O-])ccc1N1CCN(C(=O)c2ccccc2)CC1.O=C(Nc1cc(N2CCN(C(=O)c3ccccc3)CC2)ccc1[N+](=O)[O-])c1ccccc1. The lowest BCUT2D eigenvalue weighted by molar-refractivity contribution is -0.385. The molecule has 0 saturated carbocycles. The second kappa shape index (κ2) is 48.6. The predicted molar refractivity (Wildman–Crippen MR) is 548 cm³/mol. The molecule has 0 aromatic heterocycles. The minimum atomic E-state index is -0.513. The predicted octanol–water partition coefficient (Wildman–Crippen LogP) is 17.7. The topological polar surface area (TPSA) is 347 Å². The Morgan fingerprint density at radius 2 is 0.676 bits per heavy atom. The summed E-state index contributed by atoms with van der Waals surface area (Å²) in [5.74, 6) is 0.341. The smallest absolute Gasteiger partial charge is 0.292 e. The number of nitrogens with one attached hydrogen (secondary N) is 3. The highest BCUT2D eigenvalue weighted by atomic mass is 16.6. The lowest BCUT2D eigenvalue weighted by atomic mass is 9.99. The van der Waals surface area contributed by atoms with Crippen LogP contribution in [0.5, 0.6) is 0 Å². The first-order valence-corrected chi connectivity index (χ1v) is 46.4. The number of benzene rings is 12. The van der Waals surface area contributed by atoms with Gasteiger partial charge < -0.3 is 69.8 Å². The van der Waals surface area contributed by atoms with Crippen LogP contribution < -0.4 is 50.2 Å². The van der Waals surface area contributed by atoms with Crippen molar-refractivity contribution in [3.05, 3.63) is 388 Å². The highest BCUT2D eigenvalue weighted by Crippen LogP contribution is 2.38. The monoisotopic (exact) mass is 1880 g/mol. The summed E-state index contributed by atoms with van der Waals surface area (Å²) in [7, 11) is 7.49. The van der Waals surface area contributed by atoms with Crippen molar-refractivity contribution in [2.45, 2.75) is 39.7 Å². The summed E-state index contributed by atoms with van der Waals surface area (Å²) in [4.78, 5) is 140. The Hall–Kier alpha value is -16.5. The summed E-state index contributed by atoms with van der Waals surface area (Å²) in [5, 5.41) is 53.7. The number of piperazine rings is 4. The van der Waals surface area contributed by atoms with Gasteiger partial charge in [-0.25, -0.2) is 0 Å². The van der Waals surface area contributed by atoms with E-state index >= 15 is 0 Å². The van der Waals surface area contributed by atoms with Crippen LogP contribution in [0.4, 0.5) is 79.6 Å². The van der Waals surface area contributed by atoms with Gasteiger partial charge in [0.25, 0.3) is 52.3 Å². The molecular weight excluding hydrogens is 1760 g/mol. The minimum absolute atomic E-state index is 0.00948. The van der Waals surface area contributed by atoms with Gasteiger partial charge in [0.15, 0.2) is 0 Å². The third-order valence-electron chi connectivity index (χ3n) is 24.7. The summed E-state index contributed by atoms with van der Waals surface area (Å²) in [6.45, 7) is 16.8. The van der Waals surface area contributed by atoms with Crippen LogP contribution >= 0.6 is 0 Å². The molecule has 3 N–H and O–H groups in total. The third kappa shape index (κ3) is 27.4. The molecule has 139 heavy (non-hydrogen) atoms. The Kier molecular flexibility index (Phi) is 34.9. The molecule has 32 heteroatoms. The molecule has 5 fully saturated rings. The van der Waals surface area contributed by atoms with Gasteiger partial charge in [0, 0.05) is 246 Å². The summed E-state index contributed by atoms with van der Waals surface area (Å²) in [6.07, 6.45) is 3.17. The number of nitro benzene ring substituents is 4. The molecule has 0 bridgehead atoms. The maximum Gasteiger partial charge on any atom is 0.292 e. The van der Waals surface area contributed by atoms with Crippen LogP contribution in [-0.2, 0) is 17.8 Å². The molecule has 32 nitrogen and oxygen atoms in total. The average molecular weight is 1880 g/mol. The molecule has 1 atom stereocenters. The van der Waals surface area contributed by atoms with Gasteiger partial charge >= 0.3 is 0 Å². The number of amides is 6. The van der Waals surface area contributed by atoms with Gasteiger partial charge in [0.05, 0.1) is 42.4 Å². The molecule has 17 rings (SSSR count). The zero-order chi connectivity index (χ0) is 98.4. The zero-order valence-corrected chi connectivity index (χ0v) is 78.9. The number of nitrogens with zero attached hydrogens (tertiary/aromatic N) is 15. The van der Waals surface area contributed by atoms with Crippen LogP contribution in [0.3, 0.4) is 0 Å². The molecular formula is C107H116N18O14. The van der Waals surface area contributed by atoms with Gasteiger partial charge in [0.1, 0.15) is 11.4 Å². The number of carbonyl (C=O) groups excluding carboxylic acids is 6. The summed E-state index contributed by atoms with van der Waals surface area (Å²) >= 11 is 0. The molecule has 6 amide bonds. The fourth-order valence-electron chi connectivity index (χ4n) is 17.2. The van der Waals surface area contributed by atoms with Crippen LogP contribution in [0.2, 0.25) is 0 Å². The number of carbonyl (C=O) groups is 6. The fourth-order valence-corrected chi connectivity index (χ4v) is 17.2. The Morgan fingerprint density at radius 3 is 1.04 bits per heavy atom. The van der Waals surface area contributed by atoms with Crippen LogP contribution in [-0.4, -0.2) is 221 Å². The van der Waals surface area contributed by atoms with Crippen LogP contribution in [0.15, 0.2) is 303 Å². The van der Waals surface area contributed by atoms with Crippen molar-refractivity contribution in [3.8, 4) is 0 Å². The van der Waals surface area contributed by atoms with Gasteiger partial charge in [-0.05, 0) is 157 Å². The fraction of sp³-hybridized carbons (Fsp3) is 0.271. The van der Waals surface area contributed by atoms with Crippen molar-refractivity contribution in [2.75, 3.05) is 196 Å². The normalized spacial score (nSPS) is 14.5. The van der Waals surface area contributed by atoms with Crippen LogP contribution in [0.25, 0.3) is 0 Å². The second-order valence-electron chi connectivity index (χ2n) is 34.7. The van der Waals surface area contributed by atoms with E-state index in [-0.39, 0.29) is 72.7 Å². The summed E-state index contributed by atoms with van der Waals surface area (Å²) < 4.78 is 0. The molecule has 5 heterocycles. The summed E-state index contributed by atoms with van der Waals surface area (Å²) in [6, 6.07) is 92.0. The lowest BCUT2D eigenvalue weighted by Gasteiger charge is -2.37. The highest BCUT2D eigenvalue weighted by Gasteiger charge is 2.31. The molecule has 12 aromatic rings. The Labute approximate surface area is 808 Å². The largest absolute Gasteiger partial charge is 0.376 e. The van der Waals surface area contributed by atoms with E-state index in [9.17, 15) is 69.2 Å². The molecule has 718 valence electrons. The van der Waals surface area contributed by atoms with E-state index in [1.165, 1.54) is 43.5 Å². The first-order valence-electron chi connectivity index (χ1n) is 46.4. The number of anilines is 10. The van der Waals surface area contributed by atoms with Gasteiger partial charge in [-0.15, -0.1) is 0 Å². The Balaban J connectivity index is 0.000000147. The minimum Gasteiger partial charge on any atom is -0.376 e. The van der Waals surface area contributed by atoms with E-state index in [2.05, 4.69) is 71.6 Å². The maximum absolute atomic E-state index is 12.7. The molecule has 0 aliphatic carbocycles. The number of rotatable bonds is 23. The first-order chi connectivity index (χ1) is 67.2. The van der Waals surface area contributed by atoms with Crippen molar-refractivity contribution in [2.24, 2.45) is 5.92 Å².